The summed E-state index contributed by atoms with van der Waals surface area (Å²) in [6.07, 6.45) is 7.14. The van der Waals surface area contributed by atoms with Gasteiger partial charge >= 0.3 is 0 Å². The summed E-state index contributed by atoms with van der Waals surface area (Å²) in [7, 11) is 1.83. The van der Waals surface area contributed by atoms with Gasteiger partial charge in [0.1, 0.15) is 5.40 Å². The summed E-state index contributed by atoms with van der Waals surface area (Å²) in [6, 6.07) is 6.85. The molecule has 1 fully saturated rings. The number of nitrogens with zero attached hydrogens (tertiary/aromatic N) is 1. The van der Waals surface area contributed by atoms with Crippen LogP contribution >= 0.6 is 11.8 Å². The van der Waals surface area contributed by atoms with Crippen LogP contribution in [-0.4, -0.2) is 13.2 Å². The Morgan fingerprint density at radius 3 is 2.50 bits per heavy atom. The van der Waals surface area contributed by atoms with Crippen LogP contribution in [0.25, 0.3) is 0 Å². The minimum absolute atomic E-state index is 0.0399. The second-order valence-corrected chi connectivity index (χ2v) is 8.01. The quantitative estimate of drug-likeness (QED) is 0.632. The second kappa shape index (κ2) is 7.93. The zero-order valence-corrected chi connectivity index (χ0v) is 16.6. The van der Waals surface area contributed by atoms with Crippen molar-refractivity contribution in [2.75, 3.05) is 7.11 Å². The van der Waals surface area contributed by atoms with Gasteiger partial charge in [0.05, 0.1) is 10.9 Å². The molecular weight excluding hydrogens is 314 g/mol. The van der Waals surface area contributed by atoms with Crippen LogP contribution in [0.3, 0.4) is 0 Å². The molecule has 1 unspecified atom stereocenters. The molecule has 0 amide bonds. The van der Waals surface area contributed by atoms with Crippen LogP contribution in [0.2, 0.25) is 0 Å². The Hall–Kier alpha value is -0.980. The molecule has 2 nitrogen and oxygen atoms in total. The molecule has 0 heterocycles. The molecule has 1 aromatic rings. The zero-order chi connectivity index (χ0) is 17.8. The lowest BCUT2D eigenvalue weighted by atomic mass is 9.64. The average molecular weight is 346 g/mol. The minimum Gasteiger partial charge on any atom is -0.381 e. The fraction of sp³-hybridized carbons (Fsp3) is 0.667. The molecule has 2 aliphatic carbocycles. The predicted molar refractivity (Wildman–Crippen MR) is 103 cm³/mol. The number of rotatable bonds is 3. The van der Waals surface area contributed by atoms with Gasteiger partial charge in [0.2, 0.25) is 0 Å². The Balaban J connectivity index is 0.00000100. The lowest BCUT2D eigenvalue weighted by Gasteiger charge is -2.48. The van der Waals surface area contributed by atoms with Gasteiger partial charge in [-0.2, -0.15) is 5.26 Å². The van der Waals surface area contributed by atoms with E-state index >= 15 is 0 Å². The molecule has 24 heavy (non-hydrogen) atoms. The maximum absolute atomic E-state index is 9.52. The molecule has 1 saturated carbocycles. The van der Waals surface area contributed by atoms with Crippen molar-refractivity contribution in [1.82, 2.24) is 0 Å². The van der Waals surface area contributed by atoms with Gasteiger partial charge in [-0.1, -0.05) is 44.5 Å². The van der Waals surface area contributed by atoms with E-state index in [2.05, 4.69) is 37.4 Å². The number of hydrogen-bond donors (Lipinski definition) is 0. The van der Waals surface area contributed by atoms with E-state index in [0.717, 1.165) is 25.7 Å². The molecule has 3 rings (SSSR count). The van der Waals surface area contributed by atoms with Crippen LogP contribution in [0, 0.1) is 23.0 Å². The van der Waals surface area contributed by atoms with Crippen molar-refractivity contribution in [2.45, 2.75) is 77.1 Å². The number of hydrogen-bond acceptors (Lipinski definition) is 3. The number of aryl methyl sites for hydroxylation is 1. The van der Waals surface area contributed by atoms with Gasteiger partial charge in [0.15, 0.2) is 0 Å². The van der Waals surface area contributed by atoms with Crippen LogP contribution in [-0.2, 0) is 15.9 Å². The summed E-state index contributed by atoms with van der Waals surface area (Å²) >= 11 is 1.52. The standard InChI is InChI=1S/C19H25NOS.C2H6/c1-4-19(22-13-20)17-11-14(2)5-6-15(17)12-18(19)9-7-16(21-3)8-10-18;1-2/h5-6,11,16H,4,7-10,12H2,1-3H3;1-2H3. The Bertz CT molecular complexity index is 598. The SMILES string of the molecule is CC.CCC1(SC#N)c2cc(C)ccc2CC12CCC(OC)CC2. The Labute approximate surface area is 152 Å². The van der Waals surface area contributed by atoms with Gasteiger partial charge in [0, 0.05) is 7.11 Å². The number of nitriles is 1. The Morgan fingerprint density at radius 2 is 1.96 bits per heavy atom. The largest absolute Gasteiger partial charge is 0.381 e. The second-order valence-electron chi connectivity index (χ2n) is 6.93. The van der Waals surface area contributed by atoms with Gasteiger partial charge in [-0.15, -0.1) is 0 Å². The highest BCUT2D eigenvalue weighted by Crippen LogP contribution is 2.65. The first-order valence-corrected chi connectivity index (χ1v) is 10.1. The fourth-order valence-electron chi connectivity index (χ4n) is 4.85. The van der Waals surface area contributed by atoms with E-state index in [4.69, 9.17) is 4.74 Å². The van der Waals surface area contributed by atoms with E-state index in [0.29, 0.717) is 6.10 Å². The molecule has 2 aliphatic rings. The highest BCUT2D eigenvalue weighted by atomic mass is 32.2. The third-order valence-electron chi connectivity index (χ3n) is 6.03. The minimum atomic E-state index is -0.0399. The maximum Gasteiger partial charge on any atom is 0.134 e. The molecule has 0 radical (unpaired) electrons. The topological polar surface area (TPSA) is 33.0 Å². The van der Waals surface area contributed by atoms with Crippen molar-refractivity contribution < 1.29 is 4.74 Å². The normalized spacial score (nSPS) is 31.1. The molecule has 1 spiro atoms. The average Bonchev–Trinajstić information content (AvgIpc) is 2.87. The van der Waals surface area contributed by atoms with Crippen molar-refractivity contribution in [1.29, 1.82) is 5.26 Å². The summed E-state index contributed by atoms with van der Waals surface area (Å²) in [5.41, 5.74) is 4.43. The van der Waals surface area contributed by atoms with Gasteiger partial charge < -0.3 is 4.74 Å². The van der Waals surface area contributed by atoms with Gasteiger partial charge in [-0.25, -0.2) is 0 Å². The third kappa shape index (κ3) is 3.00. The monoisotopic (exact) mass is 345 g/mol. The molecule has 1 aromatic carbocycles. The third-order valence-corrected chi connectivity index (χ3v) is 7.41. The number of benzene rings is 1. The van der Waals surface area contributed by atoms with E-state index in [1.807, 2.05) is 21.0 Å². The van der Waals surface area contributed by atoms with E-state index < -0.39 is 0 Å². The molecule has 3 heteroatoms. The first-order chi connectivity index (χ1) is 11.6. The molecule has 1 atom stereocenters. The van der Waals surface area contributed by atoms with E-state index in [9.17, 15) is 5.26 Å². The van der Waals surface area contributed by atoms with Crippen molar-refractivity contribution in [3.05, 3.63) is 34.9 Å². The smallest absolute Gasteiger partial charge is 0.134 e. The van der Waals surface area contributed by atoms with Gasteiger partial charge in [-0.3, -0.25) is 0 Å². The number of fused-ring (bicyclic) bond motifs is 1. The lowest BCUT2D eigenvalue weighted by molar-refractivity contribution is 0.0138. The van der Waals surface area contributed by atoms with E-state index in [1.54, 1.807) is 0 Å². The summed E-state index contributed by atoms with van der Waals surface area (Å²) < 4.78 is 5.54. The van der Waals surface area contributed by atoms with E-state index in [-0.39, 0.29) is 10.2 Å². The number of ether oxygens (including phenoxy) is 1. The van der Waals surface area contributed by atoms with Crippen LogP contribution in [0.5, 0.6) is 0 Å². The fourth-order valence-corrected chi connectivity index (χ4v) is 5.95. The number of thioether (sulfide) groups is 1. The number of methoxy groups -OCH3 is 1. The lowest BCUT2D eigenvalue weighted by Crippen LogP contribution is -2.43. The Morgan fingerprint density at radius 1 is 1.29 bits per heavy atom. The molecule has 132 valence electrons. The van der Waals surface area contributed by atoms with Gasteiger partial charge in [-0.05, 0) is 73.8 Å². The summed E-state index contributed by atoms with van der Waals surface area (Å²) in [4.78, 5) is 0. The first-order valence-electron chi connectivity index (χ1n) is 9.31. The molecule has 0 aromatic heterocycles. The number of thiocyanates is 1. The van der Waals surface area contributed by atoms with Crippen molar-refractivity contribution in [3.8, 4) is 5.40 Å². The highest BCUT2D eigenvalue weighted by Gasteiger charge is 2.58. The van der Waals surface area contributed by atoms with Crippen molar-refractivity contribution in [2.24, 2.45) is 5.41 Å². The summed E-state index contributed by atoms with van der Waals surface area (Å²) in [5, 5.41) is 12.0. The van der Waals surface area contributed by atoms with Gasteiger partial charge in [0.25, 0.3) is 0 Å². The molecule has 0 bridgehead atoms. The summed E-state index contributed by atoms with van der Waals surface area (Å²) in [5.74, 6) is 0. The first kappa shape index (κ1) is 19.3. The molecule has 0 aliphatic heterocycles. The van der Waals surface area contributed by atoms with Crippen LogP contribution in [0.15, 0.2) is 18.2 Å². The highest BCUT2D eigenvalue weighted by molar-refractivity contribution is 8.04. The summed E-state index contributed by atoms with van der Waals surface area (Å²) in [6.45, 7) is 8.41. The molecule has 0 saturated heterocycles. The molecule has 0 N–H and O–H groups in total. The van der Waals surface area contributed by atoms with E-state index in [1.165, 1.54) is 41.3 Å². The predicted octanol–water partition coefficient (Wildman–Crippen LogP) is 5.97. The van der Waals surface area contributed by atoms with Crippen LogP contribution in [0.4, 0.5) is 0 Å². The van der Waals surface area contributed by atoms with Crippen molar-refractivity contribution >= 4 is 11.8 Å². The molecular formula is C21H31NOS. The Kier molecular flexibility index (Phi) is 6.39. The van der Waals surface area contributed by atoms with Crippen LogP contribution in [0.1, 0.15) is 69.6 Å². The van der Waals surface area contributed by atoms with Crippen molar-refractivity contribution in [3.63, 3.8) is 0 Å². The zero-order valence-electron chi connectivity index (χ0n) is 15.8. The van der Waals surface area contributed by atoms with Crippen LogP contribution < -0.4 is 0 Å². The maximum atomic E-state index is 9.52.